The number of thiophene rings is 1. The monoisotopic (exact) mass is 327 g/mol. The van der Waals surface area contributed by atoms with Gasteiger partial charge < -0.3 is 9.84 Å². The molecule has 1 aliphatic heterocycles. The lowest BCUT2D eigenvalue weighted by molar-refractivity contribution is -0.00304. The molecule has 1 N–H and O–H groups in total. The molecule has 3 nitrogen and oxygen atoms in total. The van der Waals surface area contributed by atoms with E-state index < -0.39 is 0 Å². The lowest BCUT2D eigenvalue weighted by Gasteiger charge is -2.35. The predicted molar refractivity (Wildman–Crippen MR) is 90.7 cm³/mol. The number of hydrogen-bond donors (Lipinski definition) is 1. The van der Waals surface area contributed by atoms with Gasteiger partial charge in [0.25, 0.3) is 0 Å². The number of β-amino-alcohol motifs (C(OH)–C–C–N with tert-alkyl or cyclic N) is 1. The van der Waals surface area contributed by atoms with Crippen LogP contribution in [0.4, 0.5) is 0 Å². The van der Waals surface area contributed by atoms with Crippen molar-refractivity contribution < 1.29 is 9.84 Å². The van der Waals surface area contributed by atoms with E-state index in [9.17, 15) is 5.11 Å². The van der Waals surface area contributed by atoms with Gasteiger partial charge in [-0.15, -0.1) is 23.7 Å². The van der Waals surface area contributed by atoms with Gasteiger partial charge in [0.05, 0.1) is 12.7 Å². The molecule has 2 aromatic rings. The molecule has 1 fully saturated rings. The zero-order valence-corrected chi connectivity index (χ0v) is 13.7. The lowest BCUT2D eigenvalue weighted by Crippen LogP contribution is -2.50. The number of halogens is 1. The average Bonchev–Trinajstić information content (AvgIpc) is 2.89. The number of ether oxygens (including phenoxy) is 1. The summed E-state index contributed by atoms with van der Waals surface area (Å²) in [5, 5.41) is 12.7. The molecule has 1 aromatic carbocycles. The second-order valence-electron chi connectivity index (χ2n) is 5.38. The normalized spacial score (nSPS) is 15.9. The summed E-state index contributed by atoms with van der Waals surface area (Å²) in [6.45, 7) is 4.31. The first kappa shape index (κ1) is 16.7. The van der Waals surface area contributed by atoms with Gasteiger partial charge in [-0.1, -0.05) is 12.1 Å². The van der Waals surface area contributed by atoms with E-state index >= 15 is 0 Å². The number of likely N-dealkylation sites (tertiary alicyclic amines) is 1. The Hall–Kier alpha value is -0.650. The quantitative estimate of drug-likeness (QED) is 0.794. The van der Waals surface area contributed by atoms with Gasteiger partial charge >= 0.3 is 0 Å². The van der Waals surface area contributed by atoms with Crippen molar-refractivity contribution in [2.45, 2.75) is 18.9 Å². The third kappa shape index (κ3) is 4.41. The van der Waals surface area contributed by atoms with Crippen LogP contribution in [0.25, 0.3) is 10.1 Å². The van der Waals surface area contributed by atoms with E-state index in [1.54, 1.807) is 11.3 Å². The van der Waals surface area contributed by atoms with Crippen molar-refractivity contribution >= 4 is 33.8 Å². The Morgan fingerprint density at radius 3 is 2.90 bits per heavy atom. The highest BCUT2D eigenvalue weighted by molar-refractivity contribution is 7.17. The summed E-state index contributed by atoms with van der Waals surface area (Å²) in [5.41, 5.74) is 1.38. The zero-order valence-electron chi connectivity index (χ0n) is 12.0. The van der Waals surface area contributed by atoms with Crippen molar-refractivity contribution in [1.82, 2.24) is 4.90 Å². The summed E-state index contributed by atoms with van der Waals surface area (Å²) in [5.74, 6) is 0. The minimum absolute atomic E-state index is 0. The Labute approximate surface area is 135 Å². The zero-order chi connectivity index (χ0) is 13.8. The highest BCUT2D eigenvalue weighted by Crippen LogP contribution is 2.24. The molecule has 0 saturated carbocycles. The van der Waals surface area contributed by atoms with Crippen LogP contribution >= 0.6 is 23.7 Å². The molecule has 1 aromatic heterocycles. The van der Waals surface area contributed by atoms with Crippen molar-refractivity contribution in [3.05, 3.63) is 35.2 Å². The van der Waals surface area contributed by atoms with Gasteiger partial charge in [0.15, 0.2) is 0 Å². The molecule has 0 radical (unpaired) electrons. The first-order chi connectivity index (χ1) is 9.83. The summed E-state index contributed by atoms with van der Waals surface area (Å²) in [7, 11) is 0. The number of benzene rings is 1. The maximum Gasteiger partial charge on any atom is 0.0793 e. The number of aliphatic hydroxyl groups is 1. The Bertz CT molecular complexity index is 554. The van der Waals surface area contributed by atoms with Crippen LogP contribution in [0, 0.1) is 0 Å². The van der Waals surface area contributed by atoms with Crippen LogP contribution in [0.1, 0.15) is 12.0 Å². The van der Waals surface area contributed by atoms with E-state index in [4.69, 9.17) is 4.74 Å². The van der Waals surface area contributed by atoms with E-state index in [1.807, 2.05) is 0 Å². The Kier molecular flexibility index (Phi) is 6.45. The largest absolute Gasteiger partial charge is 0.390 e. The standard InChI is InChI=1S/C16H21NO2S.ClH/c18-14-11-17(12-14)7-2-8-19-9-5-13-3-1-4-16-15(13)6-10-20-16;/h1,3-4,6,10,14,18H,2,5,7-9,11-12H2;1H. The topological polar surface area (TPSA) is 32.7 Å². The smallest absolute Gasteiger partial charge is 0.0793 e. The van der Waals surface area contributed by atoms with Gasteiger partial charge in [0, 0.05) is 30.9 Å². The minimum atomic E-state index is -0.0954. The Morgan fingerprint density at radius 2 is 2.10 bits per heavy atom. The van der Waals surface area contributed by atoms with E-state index in [0.29, 0.717) is 0 Å². The van der Waals surface area contributed by atoms with Crippen molar-refractivity contribution in [1.29, 1.82) is 0 Å². The van der Waals surface area contributed by atoms with Gasteiger partial charge in [0.2, 0.25) is 0 Å². The fourth-order valence-electron chi connectivity index (χ4n) is 2.67. The van der Waals surface area contributed by atoms with Crippen molar-refractivity contribution in [2.24, 2.45) is 0 Å². The van der Waals surface area contributed by atoms with Crippen LogP contribution in [-0.4, -0.2) is 49.0 Å². The fourth-order valence-corrected chi connectivity index (χ4v) is 3.51. The highest BCUT2D eigenvalue weighted by Gasteiger charge is 2.22. The highest BCUT2D eigenvalue weighted by atomic mass is 35.5. The minimum Gasteiger partial charge on any atom is -0.390 e. The van der Waals surface area contributed by atoms with Crippen LogP contribution in [0.15, 0.2) is 29.6 Å². The second kappa shape index (κ2) is 8.11. The maximum absolute atomic E-state index is 9.18. The molecule has 0 aliphatic carbocycles. The predicted octanol–water partition coefficient (Wildman–Crippen LogP) is 2.95. The molecular weight excluding hydrogens is 306 g/mol. The Morgan fingerprint density at radius 1 is 1.24 bits per heavy atom. The first-order valence-corrected chi connectivity index (χ1v) is 8.14. The molecule has 1 aliphatic rings. The molecule has 5 heteroatoms. The molecule has 2 heterocycles. The van der Waals surface area contributed by atoms with Crippen molar-refractivity contribution in [2.75, 3.05) is 32.8 Å². The van der Waals surface area contributed by atoms with Gasteiger partial charge in [-0.25, -0.2) is 0 Å². The van der Waals surface area contributed by atoms with Gasteiger partial charge in [-0.2, -0.15) is 0 Å². The number of fused-ring (bicyclic) bond motifs is 1. The van der Waals surface area contributed by atoms with Crippen LogP contribution < -0.4 is 0 Å². The molecular formula is C16H22ClNO2S. The SMILES string of the molecule is Cl.OC1CN(CCCOCCc2cccc3sccc23)C1. The maximum atomic E-state index is 9.18. The number of aliphatic hydroxyl groups excluding tert-OH is 1. The van der Waals surface area contributed by atoms with E-state index in [-0.39, 0.29) is 18.5 Å². The van der Waals surface area contributed by atoms with Gasteiger partial charge in [-0.05, 0) is 41.3 Å². The van der Waals surface area contributed by atoms with Gasteiger partial charge in [-0.3, -0.25) is 4.90 Å². The number of nitrogens with zero attached hydrogens (tertiary/aromatic N) is 1. The molecule has 0 spiro atoms. The van der Waals surface area contributed by atoms with E-state index in [1.165, 1.54) is 15.6 Å². The Balaban J connectivity index is 0.00000161. The molecule has 116 valence electrons. The van der Waals surface area contributed by atoms with E-state index in [0.717, 1.165) is 45.7 Å². The summed E-state index contributed by atoms with van der Waals surface area (Å²) < 4.78 is 7.08. The third-order valence-corrected chi connectivity index (χ3v) is 4.68. The van der Waals surface area contributed by atoms with E-state index in [2.05, 4.69) is 34.5 Å². The molecule has 0 bridgehead atoms. The van der Waals surface area contributed by atoms with Crippen LogP contribution in [0.5, 0.6) is 0 Å². The average molecular weight is 328 g/mol. The molecule has 1 saturated heterocycles. The first-order valence-electron chi connectivity index (χ1n) is 7.26. The molecule has 0 atom stereocenters. The molecule has 0 amide bonds. The number of rotatable bonds is 7. The molecule has 0 unspecified atom stereocenters. The van der Waals surface area contributed by atoms with Crippen LogP contribution in [0.2, 0.25) is 0 Å². The lowest BCUT2D eigenvalue weighted by atomic mass is 10.1. The molecule has 21 heavy (non-hydrogen) atoms. The van der Waals surface area contributed by atoms with Crippen LogP contribution in [0.3, 0.4) is 0 Å². The molecule has 3 rings (SSSR count). The van der Waals surface area contributed by atoms with Crippen molar-refractivity contribution in [3.63, 3.8) is 0 Å². The summed E-state index contributed by atoms with van der Waals surface area (Å²) >= 11 is 1.79. The number of hydrogen-bond acceptors (Lipinski definition) is 4. The summed E-state index contributed by atoms with van der Waals surface area (Å²) in [4.78, 5) is 2.26. The van der Waals surface area contributed by atoms with Crippen LogP contribution in [-0.2, 0) is 11.2 Å². The second-order valence-corrected chi connectivity index (χ2v) is 6.33. The van der Waals surface area contributed by atoms with Crippen molar-refractivity contribution in [3.8, 4) is 0 Å². The summed E-state index contributed by atoms with van der Waals surface area (Å²) in [6, 6.07) is 8.69. The fraction of sp³-hybridized carbons (Fsp3) is 0.500. The van der Waals surface area contributed by atoms with Gasteiger partial charge in [0.1, 0.15) is 0 Å². The third-order valence-electron chi connectivity index (χ3n) is 3.80. The summed E-state index contributed by atoms with van der Waals surface area (Å²) in [6.07, 6.45) is 1.94.